The summed E-state index contributed by atoms with van der Waals surface area (Å²) in [4.78, 5) is 19.3. The van der Waals surface area contributed by atoms with Gasteiger partial charge in [0.25, 0.3) is 10.0 Å². The molecule has 6 rings (SSSR count). The van der Waals surface area contributed by atoms with Gasteiger partial charge in [-0.3, -0.25) is 0 Å². The van der Waals surface area contributed by atoms with Crippen LogP contribution in [0.2, 0.25) is 0 Å². The largest absolute Gasteiger partial charge is 0.475 e. The lowest BCUT2D eigenvalue weighted by atomic mass is 10.1. The summed E-state index contributed by atoms with van der Waals surface area (Å²) < 4.78 is 40.5. The molecule has 0 saturated carbocycles. The molecule has 0 spiro atoms. The van der Waals surface area contributed by atoms with Crippen LogP contribution in [0.4, 0.5) is 9.93 Å². The number of carbonyl (C=O) groups is 1. The van der Waals surface area contributed by atoms with Gasteiger partial charge in [-0.05, 0) is 84.4 Å². The second kappa shape index (κ2) is 12.6. The molecule has 1 saturated heterocycles. The molecule has 3 aromatic heterocycles. The lowest BCUT2D eigenvalue weighted by Gasteiger charge is -2.21. The predicted octanol–water partition coefficient (Wildman–Crippen LogP) is 6.66. The number of rotatable bonds is 8. The van der Waals surface area contributed by atoms with Gasteiger partial charge in [-0.2, -0.15) is 0 Å². The number of fused-ring (bicyclic) bond motifs is 1. The van der Waals surface area contributed by atoms with Gasteiger partial charge in [-0.25, -0.2) is 22.2 Å². The van der Waals surface area contributed by atoms with Crippen molar-refractivity contribution in [3.63, 3.8) is 0 Å². The fourth-order valence-electron chi connectivity index (χ4n) is 5.42. The van der Waals surface area contributed by atoms with Crippen LogP contribution in [0.1, 0.15) is 46.6 Å². The molecular weight excluding hydrogens is 637 g/mol. The Hall–Kier alpha value is -4.49. The normalized spacial score (nSPS) is 15.4. The van der Waals surface area contributed by atoms with E-state index >= 15 is 0 Å². The quantitative estimate of drug-likeness (QED) is 0.192. The number of aryl methyl sites for hydroxylation is 1. The van der Waals surface area contributed by atoms with Gasteiger partial charge < -0.3 is 19.7 Å². The van der Waals surface area contributed by atoms with Gasteiger partial charge in [0.15, 0.2) is 0 Å². The van der Waals surface area contributed by atoms with Gasteiger partial charge in [0, 0.05) is 41.9 Å². The van der Waals surface area contributed by atoms with E-state index in [1.165, 1.54) is 15.3 Å². The van der Waals surface area contributed by atoms with Gasteiger partial charge in [0.05, 0.1) is 28.3 Å². The molecule has 47 heavy (non-hydrogen) atoms. The fourth-order valence-corrected chi connectivity index (χ4v) is 7.66. The zero-order valence-corrected chi connectivity index (χ0v) is 28.9. The summed E-state index contributed by atoms with van der Waals surface area (Å²) in [6.45, 7) is 12.6. The number of anilines is 1. The maximum atomic E-state index is 13.9. The third-order valence-corrected chi connectivity index (χ3v) is 10.3. The molecule has 5 aromatic rings. The standard InChI is InChI=1S/C34H38N6O5S2/c1-21(2)44-30-9-7-8-28(36-30)27-20-40(47(42,43)25-13-10-22(3)11-14-25)29-15-12-23(18-26(27)29)31-37-38-32(46-31)39-17-16-24(19-39)35-33(41)45-34(4,5)6/h7-15,18,20-21,24H,16-17,19H2,1-6H3,(H,35,41). The molecule has 1 fully saturated rings. The summed E-state index contributed by atoms with van der Waals surface area (Å²) >= 11 is 1.44. The Morgan fingerprint density at radius 2 is 1.83 bits per heavy atom. The Kier molecular flexibility index (Phi) is 8.70. The summed E-state index contributed by atoms with van der Waals surface area (Å²) in [5.41, 5.74) is 2.95. The number of alkyl carbamates (subject to hydrolysis) is 1. The topological polar surface area (TPSA) is 129 Å². The second-order valence-electron chi connectivity index (χ2n) is 12.9. The Bertz CT molecular complexity index is 2030. The predicted molar refractivity (Wildman–Crippen MR) is 184 cm³/mol. The molecule has 0 radical (unpaired) electrons. The first kappa shape index (κ1) is 32.5. The van der Waals surface area contributed by atoms with E-state index in [9.17, 15) is 13.2 Å². The molecule has 2 aromatic carbocycles. The SMILES string of the molecule is Cc1ccc(S(=O)(=O)n2cc(-c3cccc(OC(C)C)n3)c3cc(-c4nnc(N5CCC(NC(=O)OC(C)(C)C)C5)s4)ccc32)cc1. The van der Waals surface area contributed by atoms with Crippen LogP contribution in [0.15, 0.2) is 71.8 Å². The highest BCUT2D eigenvalue weighted by atomic mass is 32.2. The van der Waals surface area contributed by atoms with E-state index in [4.69, 9.17) is 14.5 Å². The van der Waals surface area contributed by atoms with E-state index in [0.29, 0.717) is 39.6 Å². The zero-order valence-electron chi connectivity index (χ0n) is 27.2. The number of aromatic nitrogens is 4. The van der Waals surface area contributed by atoms with Crippen molar-refractivity contribution in [2.24, 2.45) is 0 Å². The van der Waals surface area contributed by atoms with Gasteiger partial charge >= 0.3 is 6.09 Å². The number of amides is 1. The van der Waals surface area contributed by atoms with Crippen LogP contribution in [0.3, 0.4) is 0 Å². The molecular formula is C34H38N6O5S2. The van der Waals surface area contributed by atoms with Crippen LogP contribution in [0.5, 0.6) is 5.88 Å². The van der Waals surface area contributed by atoms with Crippen molar-refractivity contribution in [1.29, 1.82) is 0 Å². The number of benzene rings is 2. The van der Waals surface area contributed by atoms with E-state index in [0.717, 1.165) is 29.2 Å². The van der Waals surface area contributed by atoms with Crippen LogP contribution in [0.25, 0.3) is 32.7 Å². The molecule has 1 unspecified atom stereocenters. The number of carbonyl (C=O) groups excluding carboxylic acids is 1. The summed E-state index contributed by atoms with van der Waals surface area (Å²) in [7, 11) is -3.92. The maximum Gasteiger partial charge on any atom is 0.407 e. The smallest absolute Gasteiger partial charge is 0.407 e. The molecule has 4 heterocycles. The minimum absolute atomic E-state index is 0.0608. The fraction of sp³-hybridized carbons (Fsp3) is 0.353. The lowest BCUT2D eigenvalue weighted by molar-refractivity contribution is 0.0509. The van der Waals surface area contributed by atoms with Gasteiger partial charge in [-0.1, -0.05) is 35.1 Å². The molecule has 0 bridgehead atoms. The van der Waals surface area contributed by atoms with Gasteiger partial charge in [-0.15, -0.1) is 10.2 Å². The molecule has 1 N–H and O–H groups in total. The zero-order chi connectivity index (χ0) is 33.5. The Morgan fingerprint density at radius 1 is 1.06 bits per heavy atom. The summed E-state index contributed by atoms with van der Waals surface area (Å²) in [5.74, 6) is 0.454. The highest BCUT2D eigenvalue weighted by molar-refractivity contribution is 7.90. The molecule has 0 aliphatic carbocycles. The molecule has 1 atom stereocenters. The van der Waals surface area contributed by atoms with Crippen molar-refractivity contribution in [3.8, 4) is 27.7 Å². The molecule has 13 heteroatoms. The highest BCUT2D eigenvalue weighted by Gasteiger charge is 2.29. The number of nitrogens with one attached hydrogen (secondary N) is 1. The average molecular weight is 675 g/mol. The number of ether oxygens (including phenoxy) is 2. The number of hydrogen-bond acceptors (Lipinski definition) is 10. The van der Waals surface area contributed by atoms with Gasteiger partial charge in [0.2, 0.25) is 11.0 Å². The third-order valence-electron chi connectivity index (χ3n) is 7.55. The van der Waals surface area contributed by atoms with Crippen molar-refractivity contribution in [1.82, 2.24) is 24.5 Å². The van der Waals surface area contributed by atoms with E-state index in [2.05, 4.69) is 20.4 Å². The van der Waals surface area contributed by atoms with Crippen LogP contribution in [-0.2, 0) is 14.8 Å². The molecule has 246 valence electrons. The van der Waals surface area contributed by atoms with E-state index < -0.39 is 21.7 Å². The van der Waals surface area contributed by atoms with E-state index in [-0.39, 0.29) is 17.0 Å². The maximum absolute atomic E-state index is 13.9. The van der Waals surface area contributed by atoms with Crippen molar-refractivity contribution in [2.75, 3.05) is 18.0 Å². The Balaban J connectivity index is 1.35. The molecule has 1 aliphatic rings. The summed E-state index contributed by atoms with van der Waals surface area (Å²) in [6, 6.07) is 17.8. The monoisotopic (exact) mass is 674 g/mol. The number of hydrogen-bond donors (Lipinski definition) is 1. The van der Waals surface area contributed by atoms with E-state index in [1.54, 1.807) is 42.6 Å². The number of pyridine rings is 1. The highest BCUT2D eigenvalue weighted by Crippen LogP contribution is 2.38. The molecule has 1 aliphatic heterocycles. The van der Waals surface area contributed by atoms with Gasteiger partial charge in [0.1, 0.15) is 10.6 Å². The molecule has 1 amide bonds. The summed E-state index contributed by atoms with van der Waals surface area (Å²) in [5, 5.41) is 14.0. The minimum atomic E-state index is -3.92. The summed E-state index contributed by atoms with van der Waals surface area (Å²) in [6.07, 6.45) is 1.88. The molecule has 11 nitrogen and oxygen atoms in total. The van der Waals surface area contributed by atoms with Crippen molar-refractivity contribution < 1.29 is 22.7 Å². The van der Waals surface area contributed by atoms with E-state index in [1.807, 2.05) is 65.8 Å². The second-order valence-corrected chi connectivity index (χ2v) is 15.7. The first-order valence-electron chi connectivity index (χ1n) is 15.5. The number of nitrogens with zero attached hydrogens (tertiary/aromatic N) is 5. The van der Waals surface area contributed by atoms with Crippen LogP contribution in [-0.4, -0.2) is 64.5 Å². The van der Waals surface area contributed by atoms with Crippen LogP contribution in [0, 0.1) is 6.92 Å². The Morgan fingerprint density at radius 3 is 2.55 bits per heavy atom. The Labute approximate surface area is 278 Å². The van der Waals surface area contributed by atoms with Crippen molar-refractivity contribution >= 4 is 43.5 Å². The van der Waals surface area contributed by atoms with Crippen LogP contribution < -0.4 is 15.0 Å². The van der Waals surface area contributed by atoms with Crippen molar-refractivity contribution in [3.05, 3.63) is 72.4 Å². The average Bonchev–Trinajstić information content (AvgIpc) is 3.75. The lowest BCUT2D eigenvalue weighted by Crippen LogP contribution is -2.40. The first-order chi connectivity index (χ1) is 22.3. The van der Waals surface area contributed by atoms with Crippen molar-refractivity contribution in [2.45, 2.75) is 70.6 Å². The third kappa shape index (κ3) is 7.10. The van der Waals surface area contributed by atoms with Crippen LogP contribution >= 0.6 is 11.3 Å². The minimum Gasteiger partial charge on any atom is -0.475 e. The first-order valence-corrected chi connectivity index (χ1v) is 17.7.